The van der Waals surface area contributed by atoms with E-state index in [4.69, 9.17) is 0 Å². The number of amides is 1. The lowest BCUT2D eigenvalue weighted by Crippen LogP contribution is -2.51. The summed E-state index contributed by atoms with van der Waals surface area (Å²) in [6, 6.07) is 10.2. The molecule has 0 radical (unpaired) electrons. The molecule has 1 N–H and O–H groups in total. The van der Waals surface area contributed by atoms with Gasteiger partial charge in [0.1, 0.15) is 0 Å². The second kappa shape index (κ2) is 5.81. The zero-order valence-electron chi connectivity index (χ0n) is 13.4. The van der Waals surface area contributed by atoms with Crippen LogP contribution < -0.4 is 5.32 Å². The van der Waals surface area contributed by atoms with Crippen LogP contribution in [0, 0.1) is 11.8 Å². The maximum absolute atomic E-state index is 12.7. The van der Waals surface area contributed by atoms with Crippen LogP contribution in [-0.4, -0.2) is 40.2 Å². The molecule has 2 aromatic rings. The first-order valence-electron chi connectivity index (χ1n) is 8.35. The Hall–Kier alpha value is -2.14. The lowest BCUT2D eigenvalue weighted by molar-refractivity contribution is -0.138. The number of benzene rings is 1. The molecule has 3 heterocycles. The molecule has 1 atom stereocenters. The number of hydrogen-bond acceptors (Lipinski definition) is 3. The van der Waals surface area contributed by atoms with E-state index in [-0.39, 0.29) is 11.8 Å². The van der Waals surface area contributed by atoms with E-state index in [0.29, 0.717) is 12.5 Å². The maximum atomic E-state index is 12.7. The summed E-state index contributed by atoms with van der Waals surface area (Å²) in [6.45, 7) is 5.48. The van der Waals surface area contributed by atoms with Gasteiger partial charge in [-0.15, -0.1) is 0 Å². The van der Waals surface area contributed by atoms with E-state index in [2.05, 4.69) is 29.5 Å². The van der Waals surface area contributed by atoms with Gasteiger partial charge in [0.05, 0.1) is 17.6 Å². The summed E-state index contributed by atoms with van der Waals surface area (Å²) in [6.07, 6.45) is 2.78. The van der Waals surface area contributed by atoms with Crippen molar-refractivity contribution in [3.63, 3.8) is 0 Å². The van der Waals surface area contributed by atoms with Gasteiger partial charge in [0.15, 0.2) is 0 Å². The summed E-state index contributed by atoms with van der Waals surface area (Å²) in [7, 11) is 0. The van der Waals surface area contributed by atoms with Crippen LogP contribution in [0.15, 0.2) is 36.5 Å². The Labute approximate surface area is 136 Å². The summed E-state index contributed by atoms with van der Waals surface area (Å²) < 4.78 is 2.01. The fraction of sp³-hybridized carbons (Fsp3) is 0.444. The van der Waals surface area contributed by atoms with Crippen molar-refractivity contribution in [1.29, 1.82) is 0 Å². The Morgan fingerprint density at radius 1 is 1.30 bits per heavy atom. The molecule has 0 aliphatic carbocycles. The number of carbonyl (C=O) groups is 1. The number of aromatic nitrogens is 2. The fourth-order valence-electron chi connectivity index (χ4n) is 3.47. The first-order chi connectivity index (χ1) is 11.2. The number of para-hydroxylation sites is 1. The zero-order chi connectivity index (χ0) is 15.8. The third-order valence-corrected chi connectivity index (χ3v) is 5.16. The smallest absolute Gasteiger partial charge is 0.226 e. The quantitative estimate of drug-likeness (QED) is 0.937. The summed E-state index contributed by atoms with van der Waals surface area (Å²) in [4.78, 5) is 14.7. The van der Waals surface area contributed by atoms with E-state index in [9.17, 15) is 4.79 Å². The number of fused-ring (bicyclic) bond motifs is 1. The molecule has 1 amide bonds. The van der Waals surface area contributed by atoms with Crippen molar-refractivity contribution in [2.24, 2.45) is 11.8 Å². The molecule has 0 spiro atoms. The molecule has 0 saturated carbocycles. The van der Waals surface area contributed by atoms with Crippen LogP contribution in [-0.2, 0) is 17.8 Å². The van der Waals surface area contributed by atoms with Crippen LogP contribution in [0.5, 0.6) is 0 Å². The normalized spacial score (nSPS) is 19.1. The van der Waals surface area contributed by atoms with Gasteiger partial charge >= 0.3 is 0 Å². The minimum atomic E-state index is 0.113. The molecular weight excluding hydrogens is 288 g/mol. The standard InChI is InChI=1S/C18H22N4O/c1-13(14-9-19-10-14)18(23)21-8-7-17-15(12-21)11-20-22(17)16-5-3-2-4-6-16/h2-6,11,13-14,19H,7-10,12H2,1H3. The van der Waals surface area contributed by atoms with Crippen molar-refractivity contribution in [2.45, 2.75) is 19.9 Å². The summed E-state index contributed by atoms with van der Waals surface area (Å²) in [5.74, 6) is 0.896. The van der Waals surface area contributed by atoms with Crippen molar-refractivity contribution < 1.29 is 4.79 Å². The summed E-state index contributed by atoms with van der Waals surface area (Å²) >= 11 is 0. The number of hydrogen-bond donors (Lipinski definition) is 1. The Morgan fingerprint density at radius 2 is 2.09 bits per heavy atom. The Morgan fingerprint density at radius 3 is 2.78 bits per heavy atom. The number of carbonyl (C=O) groups excluding carboxylic acids is 1. The SMILES string of the molecule is CC(C(=O)N1CCc2c(cnn2-c2ccccc2)C1)C1CNC1. The van der Waals surface area contributed by atoms with Gasteiger partial charge in [-0.2, -0.15) is 5.10 Å². The number of nitrogens with zero attached hydrogens (tertiary/aromatic N) is 3. The predicted octanol–water partition coefficient (Wildman–Crippen LogP) is 1.61. The van der Waals surface area contributed by atoms with Gasteiger partial charge in [-0.05, 0) is 31.1 Å². The van der Waals surface area contributed by atoms with Gasteiger partial charge in [0.25, 0.3) is 0 Å². The molecule has 2 aliphatic heterocycles. The molecule has 1 aromatic carbocycles. The Balaban J connectivity index is 1.52. The summed E-state index contributed by atoms with van der Waals surface area (Å²) in [5, 5.41) is 7.79. The zero-order valence-corrected chi connectivity index (χ0v) is 13.4. The lowest BCUT2D eigenvalue weighted by Gasteiger charge is -2.36. The topological polar surface area (TPSA) is 50.2 Å². The van der Waals surface area contributed by atoms with Gasteiger partial charge in [0, 0.05) is 31.0 Å². The van der Waals surface area contributed by atoms with Gasteiger partial charge in [-0.1, -0.05) is 25.1 Å². The van der Waals surface area contributed by atoms with Crippen LogP contribution >= 0.6 is 0 Å². The molecule has 23 heavy (non-hydrogen) atoms. The first kappa shape index (κ1) is 14.5. The molecule has 1 unspecified atom stereocenters. The molecule has 2 aliphatic rings. The van der Waals surface area contributed by atoms with Crippen LogP contribution in [0.25, 0.3) is 5.69 Å². The highest BCUT2D eigenvalue weighted by atomic mass is 16.2. The molecule has 5 nitrogen and oxygen atoms in total. The highest BCUT2D eigenvalue weighted by Gasteiger charge is 2.33. The molecule has 4 rings (SSSR count). The minimum absolute atomic E-state index is 0.113. The average molecular weight is 310 g/mol. The third kappa shape index (κ3) is 2.55. The molecular formula is C18H22N4O. The highest BCUT2D eigenvalue weighted by molar-refractivity contribution is 5.79. The van der Waals surface area contributed by atoms with Crippen molar-refractivity contribution in [2.75, 3.05) is 19.6 Å². The Bertz CT molecular complexity index is 705. The fourth-order valence-corrected chi connectivity index (χ4v) is 3.47. The van der Waals surface area contributed by atoms with E-state index in [1.807, 2.05) is 34.0 Å². The van der Waals surface area contributed by atoms with Crippen molar-refractivity contribution in [1.82, 2.24) is 20.0 Å². The highest BCUT2D eigenvalue weighted by Crippen LogP contribution is 2.25. The van der Waals surface area contributed by atoms with Crippen LogP contribution in [0.4, 0.5) is 0 Å². The summed E-state index contributed by atoms with van der Waals surface area (Å²) in [5.41, 5.74) is 3.49. The second-order valence-electron chi connectivity index (χ2n) is 6.58. The molecule has 5 heteroatoms. The van der Waals surface area contributed by atoms with Gasteiger partial charge < -0.3 is 10.2 Å². The maximum Gasteiger partial charge on any atom is 0.226 e. The van der Waals surface area contributed by atoms with Crippen LogP contribution in [0.2, 0.25) is 0 Å². The predicted molar refractivity (Wildman–Crippen MR) is 88.2 cm³/mol. The van der Waals surface area contributed by atoms with E-state index in [0.717, 1.165) is 31.7 Å². The number of rotatable bonds is 3. The first-order valence-corrected chi connectivity index (χ1v) is 8.35. The second-order valence-corrected chi connectivity index (χ2v) is 6.58. The third-order valence-electron chi connectivity index (χ3n) is 5.16. The monoisotopic (exact) mass is 310 g/mol. The van der Waals surface area contributed by atoms with E-state index in [1.54, 1.807) is 0 Å². The molecule has 0 bridgehead atoms. The van der Waals surface area contributed by atoms with Crippen molar-refractivity contribution in [3.05, 3.63) is 47.8 Å². The van der Waals surface area contributed by atoms with E-state index >= 15 is 0 Å². The average Bonchev–Trinajstić information content (AvgIpc) is 2.96. The largest absolute Gasteiger partial charge is 0.338 e. The van der Waals surface area contributed by atoms with Gasteiger partial charge in [-0.25, -0.2) is 4.68 Å². The molecule has 1 saturated heterocycles. The number of nitrogens with one attached hydrogen (secondary N) is 1. The van der Waals surface area contributed by atoms with Crippen molar-refractivity contribution in [3.8, 4) is 5.69 Å². The molecule has 1 fully saturated rings. The van der Waals surface area contributed by atoms with E-state index in [1.165, 1.54) is 11.3 Å². The minimum Gasteiger partial charge on any atom is -0.338 e. The van der Waals surface area contributed by atoms with Crippen molar-refractivity contribution >= 4 is 5.91 Å². The van der Waals surface area contributed by atoms with Crippen LogP contribution in [0.3, 0.4) is 0 Å². The Kier molecular flexibility index (Phi) is 3.65. The van der Waals surface area contributed by atoms with Gasteiger partial charge in [0.2, 0.25) is 5.91 Å². The molecule has 120 valence electrons. The van der Waals surface area contributed by atoms with Crippen LogP contribution in [0.1, 0.15) is 18.2 Å². The van der Waals surface area contributed by atoms with E-state index < -0.39 is 0 Å². The van der Waals surface area contributed by atoms with Gasteiger partial charge in [-0.3, -0.25) is 4.79 Å². The molecule has 1 aromatic heterocycles. The lowest BCUT2D eigenvalue weighted by atomic mass is 9.87.